The van der Waals surface area contributed by atoms with Gasteiger partial charge in [-0.2, -0.15) is 0 Å². The number of benzene rings is 8. The summed E-state index contributed by atoms with van der Waals surface area (Å²) >= 11 is 0. The van der Waals surface area contributed by atoms with Gasteiger partial charge in [0.25, 0.3) is 0 Å². The molecular weight excluding hydrogens is 649 g/mol. The van der Waals surface area contributed by atoms with E-state index in [0.717, 1.165) is 0 Å². The highest BCUT2D eigenvalue weighted by atomic mass is 28.4. The molecule has 0 N–H and O–H groups in total. The standard InChI is InChI=1S/C48H42OSi2/c1-50(2,47-41-31-19-17-29-39(41)33-43(35-21-9-5-10-22-35)45(47)37-25-13-7-14-26-37)49-51(3,4)48-42-32-20-18-30-40(42)34-44(36-23-11-6-12-24-36)46(48)38-27-15-8-16-28-38/h5-34H,1-4H3. The van der Waals surface area contributed by atoms with Crippen molar-refractivity contribution in [2.24, 2.45) is 0 Å². The van der Waals surface area contributed by atoms with Gasteiger partial charge in [0.05, 0.1) is 0 Å². The van der Waals surface area contributed by atoms with E-state index < -0.39 is 16.6 Å². The van der Waals surface area contributed by atoms with Gasteiger partial charge in [-0.05, 0) is 115 Å². The average molecular weight is 691 g/mol. The molecular formula is C48H42OSi2. The van der Waals surface area contributed by atoms with E-state index in [9.17, 15) is 0 Å². The van der Waals surface area contributed by atoms with E-state index in [1.807, 2.05) is 0 Å². The molecule has 0 fully saturated rings. The largest absolute Gasteiger partial charge is 0.449 e. The van der Waals surface area contributed by atoms with Crippen LogP contribution in [-0.4, -0.2) is 16.6 Å². The van der Waals surface area contributed by atoms with Gasteiger partial charge in [-0.25, -0.2) is 0 Å². The van der Waals surface area contributed by atoms with E-state index in [1.165, 1.54) is 76.4 Å². The smallest absolute Gasteiger partial charge is 0.207 e. The Morgan fingerprint density at radius 2 is 0.627 bits per heavy atom. The van der Waals surface area contributed by atoms with Crippen LogP contribution in [0.25, 0.3) is 66.1 Å². The molecule has 0 aliphatic rings. The van der Waals surface area contributed by atoms with E-state index in [1.54, 1.807) is 0 Å². The lowest BCUT2D eigenvalue weighted by atomic mass is 9.91. The van der Waals surface area contributed by atoms with Crippen molar-refractivity contribution in [2.75, 3.05) is 0 Å². The number of rotatable bonds is 8. The molecule has 8 aromatic carbocycles. The van der Waals surface area contributed by atoms with Gasteiger partial charge < -0.3 is 4.12 Å². The zero-order valence-electron chi connectivity index (χ0n) is 29.7. The van der Waals surface area contributed by atoms with Gasteiger partial charge in [0.1, 0.15) is 0 Å². The molecule has 0 aromatic heterocycles. The highest BCUT2D eigenvalue weighted by Gasteiger charge is 2.41. The van der Waals surface area contributed by atoms with Crippen LogP contribution < -0.4 is 10.4 Å². The fourth-order valence-corrected chi connectivity index (χ4v) is 17.6. The number of hydrogen-bond acceptors (Lipinski definition) is 1. The molecule has 0 spiro atoms. The van der Waals surface area contributed by atoms with Gasteiger partial charge in [0.2, 0.25) is 16.6 Å². The van der Waals surface area contributed by atoms with Crippen LogP contribution in [0.15, 0.2) is 182 Å². The summed E-state index contributed by atoms with van der Waals surface area (Å²) < 4.78 is 8.00. The lowest BCUT2D eigenvalue weighted by Crippen LogP contribution is -2.59. The van der Waals surface area contributed by atoms with Gasteiger partial charge in [-0.1, -0.05) is 170 Å². The molecule has 0 amide bonds. The first-order chi connectivity index (χ1) is 24.8. The Bertz CT molecular complexity index is 2300. The van der Waals surface area contributed by atoms with Crippen LogP contribution in [0.3, 0.4) is 0 Å². The van der Waals surface area contributed by atoms with Crippen LogP contribution >= 0.6 is 0 Å². The molecule has 0 aliphatic heterocycles. The Balaban J connectivity index is 1.41. The van der Waals surface area contributed by atoms with Crippen molar-refractivity contribution in [2.45, 2.75) is 26.2 Å². The van der Waals surface area contributed by atoms with Crippen molar-refractivity contribution in [3.63, 3.8) is 0 Å². The third-order valence-electron chi connectivity index (χ3n) is 10.1. The lowest BCUT2D eigenvalue weighted by Gasteiger charge is -2.39. The van der Waals surface area contributed by atoms with Gasteiger partial charge in [0.15, 0.2) is 0 Å². The topological polar surface area (TPSA) is 9.23 Å². The highest BCUT2D eigenvalue weighted by molar-refractivity contribution is 6.99. The second kappa shape index (κ2) is 13.4. The first-order valence-corrected chi connectivity index (χ1v) is 23.7. The molecule has 0 saturated carbocycles. The summed E-state index contributed by atoms with van der Waals surface area (Å²) in [5, 5.41) is 7.77. The maximum Gasteiger partial charge on any atom is 0.207 e. The maximum absolute atomic E-state index is 8.00. The molecule has 1 nitrogen and oxygen atoms in total. The first kappa shape index (κ1) is 32.9. The van der Waals surface area contributed by atoms with Crippen LogP contribution in [0.4, 0.5) is 0 Å². The second-order valence-corrected chi connectivity index (χ2v) is 22.2. The van der Waals surface area contributed by atoms with Crippen LogP contribution in [0, 0.1) is 0 Å². The van der Waals surface area contributed by atoms with E-state index in [4.69, 9.17) is 4.12 Å². The summed E-state index contributed by atoms with van der Waals surface area (Å²) in [6.07, 6.45) is 0. The van der Waals surface area contributed by atoms with Crippen molar-refractivity contribution < 1.29 is 4.12 Å². The molecule has 248 valence electrons. The summed E-state index contributed by atoms with van der Waals surface area (Å²) in [5.41, 5.74) is 9.96. The minimum absolute atomic E-state index is 1.22. The minimum Gasteiger partial charge on any atom is -0.449 e. The molecule has 0 bridgehead atoms. The van der Waals surface area contributed by atoms with Gasteiger partial charge in [-0.15, -0.1) is 0 Å². The SMILES string of the molecule is C[Si](C)(O[Si](C)(C)c1c(-c2ccccc2)c(-c2ccccc2)cc2ccccc12)c1c(-c2ccccc2)c(-c2ccccc2)cc2ccccc12. The Morgan fingerprint density at radius 1 is 0.333 bits per heavy atom. The Labute approximate surface area is 304 Å². The van der Waals surface area contributed by atoms with Crippen molar-refractivity contribution in [1.82, 2.24) is 0 Å². The van der Waals surface area contributed by atoms with Crippen molar-refractivity contribution in [1.29, 1.82) is 0 Å². The molecule has 0 radical (unpaired) electrons. The molecule has 0 heterocycles. The number of hydrogen-bond donors (Lipinski definition) is 0. The Hall–Kier alpha value is -5.33. The quantitative estimate of drug-likeness (QED) is 0.144. The molecule has 0 aliphatic carbocycles. The highest BCUT2D eigenvalue weighted by Crippen LogP contribution is 2.40. The van der Waals surface area contributed by atoms with Crippen LogP contribution in [0.1, 0.15) is 0 Å². The second-order valence-electron chi connectivity index (χ2n) is 14.4. The predicted molar refractivity (Wildman–Crippen MR) is 225 cm³/mol. The van der Waals surface area contributed by atoms with E-state index >= 15 is 0 Å². The molecule has 0 unspecified atom stereocenters. The predicted octanol–water partition coefficient (Wildman–Crippen LogP) is 12.2. The minimum atomic E-state index is -2.70. The summed E-state index contributed by atoms with van der Waals surface area (Å²) in [7, 11) is -5.40. The Morgan fingerprint density at radius 3 is 0.980 bits per heavy atom. The number of fused-ring (bicyclic) bond motifs is 2. The first-order valence-electron chi connectivity index (χ1n) is 17.9. The summed E-state index contributed by atoms with van der Waals surface area (Å²) in [4.78, 5) is 0. The van der Waals surface area contributed by atoms with Crippen LogP contribution in [0.2, 0.25) is 26.2 Å². The zero-order valence-corrected chi connectivity index (χ0v) is 31.7. The maximum atomic E-state index is 8.00. The van der Waals surface area contributed by atoms with Gasteiger partial charge >= 0.3 is 0 Å². The Kier molecular flexibility index (Phi) is 8.65. The summed E-state index contributed by atoms with van der Waals surface area (Å²) in [6, 6.07) is 66.2. The summed E-state index contributed by atoms with van der Waals surface area (Å²) in [5.74, 6) is 0. The third kappa shape index (κ3) is 6.19. The van der Waals surface area contributed by atoms with Crippen LogP contribution in [-0.2, 0) is 4.12 Å². The van der Waals surface area contributed by atoms with E-state index in [0.29, 0.717) is 0 Å². The zero-order chi connectivity index (χ0) is 35.0. The van der Waals surface area contributed by atoms with E-state index in [2.05, 4.69) is 208 Å². The molecule has 0 atom stereocenters. The van der Waals surface area contributed by atoms with Gasteiger partial charge in [-0.3, -0.25) is 0 Å². The van der Waals surface area contributed by atoms with Gasteiger partial charge in [0, 0.05) is 0 Å². The van der Waals surface area contributed by atoms with Crippen molar-refractivity contribution in [3.05, 3.63) is 182 Å². The van der Waals surface area contributed by atoms with Crippen LogP contribution in [0.5, 0.6) is 0 Å². The fraction of sp³-hybridized carbons (Fsp3) is 0.0833. The monoisotopic (exact) mass is 690 g/mol. The molecule has 8 aromatic rings. The molecule has 51 heavy (non-hydrogen) atoms. The molecule has 3 heteroatoms. The molecule has 8 rings (SSSR count). The average Bonchev–Trinajstić information content (AvgIpc) is 3.17. The molecule has 0 saturated heterocycles. The fourth-order valence-electron chi connectivity index (χ4n) is 8.19. The van der Waals surface area contributed by atoms with Crippen molar-refractivity contribution in [3.8, 4) is 44.5 Å². The lowest BCUT2D eigenvalue weighted by molar-refractivity contribution is 0.574. The third-order valence-corrected chi connectivity index (χ3v) is 17.6. The van der Waals surface area contributed by atoms with Crippen molar-refractivity contribution >= 4 is 48.6 Å². The van der Waals surface area contributed by atoms with E-state index in [-0.39, 0.29) is 0 Å². The summed E-state index contributed by atoms with van der Waals surface area (Å²) in [6.45, 7) is 9.71. The normalized spacial score (nSPS) is 12.0.